The zero-order valence-corrected chi connectivity index (χ0v) is 13.6. The first kappa shape index (κ1) is 15.6. The maximum Gasteiger partial charge on any atom is 0.246 e. The highest BCUT2D eigenvalue weighted by Gasteiger charge is 2.16. The van der Waals surface area contributed by atoms with Crippen molar-refractivity contribution in [2.75, 3.05) is 40.0 Å². The van der Waals surface area contributed by atoms with Gasteiger partial charge in [0.2, 0.25) is 12.7 Å². The molecule has 0 saturated carbocycles. The number of fused-ring (bicyclic) bond motifs is 1. The molecule has 1 aromatic rings. The van der Waals surface area contributed by atoms with Crippen molar-refractivity contribution < 1.29 is 14.3 Å². The Bertz CT molecular complexity index is 644. The molecule has 0 atom stereocenters. The maximum atomic E-state index is 12.2. The van der Waals surface area contributed by atoms with E-state index in [9.17, 15) is 4.79 Å². The SMILES string of the molecule is CC(/C=C/C(=O)N1CCN(C)CC1)=C\c1ccc2c(c1)OCO2. The van der Waals surface area contributed by atoms with Crippen LogP contribution < -0.4 is 9.47 Å². The van der Waals surface area contributed by atoms with Crippen LogP contribution >= 0.6 is 0 Å². The molecule has 5 heteroatoms. The molecule has 2 aliphatic heterocycles. The summed E-state index contributed by atoms with van der Waals surface area (Å²) in [6, 6.07) is 5.83. The second kappa shape index (κ2) is 6.87. The Hall–Kier alpha value is -2.27. The van der Waals surface area contributed by atoms with E-state index in [0.29, 0.717) is 0 Å². The first-order valence-electron chi connectivity index (χ1n) is 7.85. The van der Waals surface area contributed by atoms with Gasteiger partial charge in [-0.25, -0.2) is 0 Å². The van der Waals surface area contributed by atoms with Gasteiger partial charge >= 0.3 is 0 Å². The van der Waals surface area contributed by atoms with Crippen LogP contribution in [-0.4, -0.2) is 55.7 Å². The molecule has 1 aromatic carbocycles. The summed E-state index contributed by atoms with van der Waals surface area (Å²) in [5.74, 6) is 1.63. The lowest BCUT2D eigenvalue weighted by Gasteiger charge is -2.31. The Kier molecular flexibility index (Phi) is 4.67. The van der Waals surface area contributed by atoms with Crippen molar-refractivity contribution in [1.29, 1.82) is 0 Å². The number of carbonyl (C=O) groups is 1. The van der Waals surface area contributed by atoms with E-state index >= 15 is 0 Å². The second-order valence-electron chi connectivity index (χ2n) is 5.96. The molecule has 0 spiro atoms. The minimum atomic E-state index is 0.0801. The summed E-state index contributed by atoms with van der Waals surface area (Å²) < 4.78 is 10.7. The number of rotatable bonds is 3. The van der Waals surface area contributed by atoms with Gasteiger partial charge in [0, 0.05) is 32.3 Å². The van der Waals surface area contributed by atoms with E-state index in [0.717, 1.165) is 48.8 Å². The monoisotopic (exact) mass is 314 g/mol. The molecule has 122 valence electrons. The molecule has 23 heavy (non-hydrogen) atoms. The van der Waals surface area contributed by atoms with E-state index in [-0.39, 0.29) is 12.7 Å². The lowest BCUT2D eigenvalue weighted by molar-refractivity contribution is -0.127. The third-order valence-electron chi connectivity index (χ3n) is 4.09. The standard InChI is InChI=1S/C18H22N2O3/c1-14(3-6-18(21)20-9-7-19(2)8-10-20)11-15-4-5-16-17(12-15)23-13-22-16/h3-6,11-12H,7-10,13H2,1-2H3/b6-3+,14-11+. The molecule has 0 radical (unpaired) electrons. The van der Waals surface area contributed by atoms with Gasteiger partial charge in [-0.1, -0.05) is 23.8 Å². The Morgan fingerprint density at radius 3 is 2.61 bits per heavy atom. The smallest absolute Gasteiger partial charge is 0.246 e. The Labute approximate surface area is 136 Å². The van der Waals surface area contributed by atoms with Crippen molar-refractivity contribution in [3.05, 3.63) is 41.5 Å². The fourth-order valence-electron chi connectivity index (χ4n) is 2.65. The number of nitrogens with zero attached hydrogens (tertiary/aromatic N) is 2. The molecule has 0 aliphatic carbocycles. The molecule has 2 heterocycles. The van der Waals surface area contributed by atoms with Crippen LogP contribution in [0.3, 0.4) is 0 Å². The molecule has 5 nitrogen and oxygen atoms in total. The summed E-state index contributed by atoms with van der Waals surface area (Å²) in [6.45, 7) is 5.73. The number of benzene rings is 1. The molecule has 1 saturated heterocycles. The van der Waals surface area contributed by atoms with E-state index in [2.05, 4.69) is 11.9 Å². The Morgan fingerprint density at radius 1 is 1.09 bits per heavy atom. The normalized spacial score (nSPS) is 18.7. The lowest BCUT2D eigenvalue weighted by atomic mass is 10.1. The van der Waals surface area contributed by atoms with Gasteiger partial charge < -0.3 is 19.3 Å². The van der Waals surface area contributed by atoms with Crippen LogP contribution in [0.1, 0.15) is 12.5 Å². The topological polar surface area (TPSA) is 42.0 Å². The Balaban J connectivity index is 1.61. The van der Waals surface area contributed by atoms with Crippen LogP contribution in [0.25, 0.3) is 6.08 Å². The van der Waals surface area contributed by atoms with Gasteiger partial charge in [-0.05, 0) is 31.7 Å². The third kappa shape index (κ3) is 3.93. The summed E-state index contributed by atoms with van der Waals surface area (Å²) in [6.07, 6.45) is 5.55. The Morgan fingerprint density at radius 2 is 1.83 bits per heavy atom. The van der Waals surface area contributed by atoms with Gasteiger partial charge in [0.05, 0.1) is 0 Å². The summed E-state index contributed by atoms with van der Waals surface area (Å²) >= 11 is 0. The predicted octanol–water partition coefficient (Wildman–Crippen LogP) is 2.15. The van der Waals surface area contributed by atoms with Crippen LogP contribution in [0, 0.1) is 0 Å². The van der Waals surface area contributed by atoms with Crippen molar-refractivity contribution in [3.63, 3.8) is 0 Å². The molecular weight excluding hydrogens is 292 g/mol. The number of likely N-dealkylation sites (N-methyl/N-ethyl adjacent to an activating group) is 1. The average molecular weight is 314 g/mol. The van der Waals surface area contributed by atoms with Crippen molar-refractivity contribution in [2.24, 2.45) is 0 Å². The van der Waals surface area contributed by atoms with Crippen LogP contribution in [-0.2, 0) is 4.79 Å². The summed E-state index contributed by atoms with van der Waals surface area (Å²) in [5, 5.41) is 0. The van der Waals surface area contributed by atoms with Crippen LogP contribution in [0.2, 0.25) is 0 Å². The van der Waals surface area contributed by atoms with Crippen molar-refractivity contribution in [1.82, 2.24) is 9.80 Å². The number of piperazine rings is 1. The van der Waals surface area contributed by atoms with Crippen LogP contribution in [0.4, 0.5) is 0 Å². The van der Waals surface area contributed by atoms with Gasteiger partial charge in [-0.2, -0.15) is 0 Å². The second-order valence-corrected chi connectivity index (χ2v) is 5.96. The van der Waals surface area contributed by atoms with Gasteiger partial charge in [-0.3, -0.25) is 4.79 Å². The first-order chi connectivity index (χ1) is 11.1. The number of carbonyl (C=O) groups excluding carboxylic acids is 1. The number of amides is 1. The summed E-state index contributed by atoms with van der Waals surface area (Å²) in [4.78, 5) is 16.3. The average Bonchev–Trinajstić information content (AvgIpc) is 3.01. The van der Waals surface area contributed by atoms with Crippen molar-refractivity contribution in [2.45, 2.75) is 6.92 Å². The number of allylic oxidation sites excluding steroid dienone is 2. The quantitative estimate of drug-likeness (QED) is 0.633. The molecule has 0 aromatic heterocycles. The largest absolute Gasteiger partial charge is 0.454 e. The third-order valence-corrected chi connectivity index (χ3v) is 4.09. The summed E-state index contributed by atoms with van der Waals surface area (Å²) in [7, 11) is 2.08. The van der Waals surface area contributed by atoms with Gasteiger partial charge in [-0.15, -0.1) is 0 Å². The molecular formula is C18H22N2O3. The zero-order valence-electron chi connectivity index (χ0n) is 13.6. The first-order valence-corrected chi connectivity index (χ1v) is 7.85. The molecule has 0 N–H and O–H groups in total. The minimum Gasteiger partial charge on any atom is -0.454 e. The van der Waals surface area contributed by atoms with Gasteiger partial charge in [0.15, 0.2) is 11.5 Å². The highest BCUT2D eigenvalue weighted by atomic mass is 16.7. The molecule has 1 amide bonds. The maximum absolute atomic E-state index is 12.2. The van der Waals surface area contributed by atoms with Crippen LogP contribution in [0.5, 0.6) is 11.5 Å². The molecule has 1 fully saturated rings. The molecule has 0 bridgehead atoms. The van der Waals surface area contributed by atoms with E-state index < -0.39 is 0 Å². The fourth-order valence-corrected chi connectivity index (χ4v) is 2.65. The highest BCUT2D eigenvalue weighted by molar-refractivity contribution is 5.88. The predicted molar refractivity (Wildman–Crippen MR) is 89.4 cm³/mol. The van der Waals surface area contributed by atoms with E-state index in [4.69, 9.17) is 9.47 Å². The minimum absolute atomic E-state index is 0.0801. The number of hydrogen-bond donors (Lipinski definition) is 0. The zero-order chi connectivity index (χ0) is 16.2. The van der Waals surface area contributed by atoms with Crippen LogP contribution in [0.15, 0.2) is 35.9 Å². The number of hydrogen-bond acceptors (Lipinski definition) is 4. The van der Waals surface area contributed by atoms with E-state index in [1.165, 1.54) is 0 Å². The van der Waals surface area contributed by atoms with Gasteiger partial charge in [0.1, 0.15) is 0 Å². The fraction of sp³-hybridized carbons (Fsp3) is 0.389. The molecule has 0 unspecified atom stereocenters. The lowest BCUT2D eigenvalue weighted by Crippen LogP contribution is -2.46. The van der Waals surface area contributed by atoms with E-state index in [1.807, 2.05) is 42.2 Å². The van der Waals surface area contributed by atoms with Gasteiger partial charge in [0.25, 0.3) is 0 Å². The highest BCUT2D eigenvalue weighted by Crippen LogP contribution is 2.33. The number of ether oxygens (including phenoxy) is 2. The van der Waals surface area contributed by atoms with Crippen molar-refractivity contribution in [3.8, 4) is 11.5 Å². The van der Waals surface area contributed by atoms with Crippen molar-refractivity contribution >= 4 is 12.0 Å². The summed E-state index contributed by atoms with van der Waals surface area (Å²) in [5.41, 5.74) is 2.05. The molecule has 2 aliphatic rings. The molecule has 3 rings (SSSR count). The van der Waals surface area contributed by atoms with E-state index in [1.54, 1.807) is 6.08 Å².